The highest BCUT2D eigenvalue weighted by molar-refractivity contribution is 6.30. The molecule has 1 aliphatic heterocycles. The zero-order chi connectivity index (χ0) is 22.4. The fraction of sp³-hybridized carbons (Fsp3) is 0.391. The molecule has 1 heterocycles. The van der Waals surface area contributed by atoms with E-state index >= 15 is 0 Å². The molecule has 1 N–H and O–H groups in total. The van der Waals surface area contributed by atoms with E-state index in [0.717, 1.165) is 5.56 Å². The number of hydrogen-bond donors (Lipinski definition) is 1. The Morgan fingerprint density at radius 2 is 1.81 bits per heavy atom. The Kier molecular flexibility index (Phi) is 7.76. The molecule has 166 valence electrons. The van der Waals surface area contributed by atoms with Crippen molar-refractivity contribution in [3.63, 3.8) is 0 Å². The normalized spacial score (nSPS) is 18.0. The lowest BCUT2D eigenvalue weighted by molar-refractivity contribution is -0.125. The zero-order valence-electron chi connectivity index (χ0n) is 17.9. The number of nitrogens with zero attached hydrogens (tertiary/aromatic N) is 1. The van der Waals surface area contributed by atoms with Crippen molar-refractivity contribution in [3.8, 4) is 11.5 Å². The first-order valence-electron chi connectivity index (χ1n) is 10.0. The highest BCUT2D eigenvalue weighted by atomic mass is 35.5. The van der Waals surface area contributed by atoms with Gasteiger partial charge in [0.2, 0.25) is 5.91 Å². The summed E-state index contributed by atoms with van der Waals surface area (Å²) in [6.45, 7) is 1.53. The predicted octanol–water partition coefficient (Wildman–Crippen LogP) is 2.98. The Hall–Kier alpha value is -2.77. The number of carbonyl (C=O) groups excluding carboxylic acids is 2. The Morgan fingerprint density at radius 1 is 1.06 bits per heavy atom. The Bertz CT molecular complexity index is 919. The van der Waals surface area contributed by atoms with Crippen LogP contribution < -0.4 is 14.8 Å². The largest absolute Gasteiger partial charge is 0.497 e. The molecule has 1 fully saturated rings. The second kappa shape index (κ2) is 10.5. The maximum atomic E-state index is 13.1. The first-order valence-corrected chi connectivity index (χ1v) is 10.4. The molecule has 0 saturated carbocycles. The van der Waals surface area contributed by atoms with Gasteiger partial charge in [-0.15, -0.1) is 0 Å². The molecule has 0 bridgehead atoms. The van der Waals surface area contributed by atoms with E-state index in [-0.39, 0.29) is 17.7 Å². The summed E-state index contributed by atoms with van der Waals surface area (Å²) in [5.41, 5.74) is 1.40. The minimum absolute atomic E-state index is 0.119. The molecule has 2 aromatic rings. The molecule has 0 aliphatic carbocycles. The number of hydrogen-bond acceptors (Lipinski definition) is 5. The van der Waals surface area contributed by atoms with Gasteiger partial charge in [-0.1, -0.05) is 17.7 Å². The molecule has 2 aromatic carbocycles. The first kappa shape index (κ1) is 22.9. The van der Waals surface area contributed by atoms with Gasteiger partial charge in [-0.2, -0.15) is 0 Å². The van der Waals surface area contributed by atoms with Crippen molar-refractivity contribution in [3.05, 3.63) is 58.6 Å². The molecule has 7 nitrogen and oxygen atoms in total. The number of carbonyl (C=O) groups is 2. The maximum Gasteiger partial charge on any atom is 0.253 e. The number of ether oxygens (including phenoxy) is 3. The average Bonchev–Trinajstić information content (AvgIpc) is 3.24. The lowest BCUT2D eigenvalue weighted by Gasteiger charge is -2.21. The third kappa shape index (κ3) is 5.29. The van der Waals surface area contributed by atoms with Crippen LogP contribution in [0.1, 0.15) is 21.8 Å². The summed E-state index contributed by atoms with van der Waals surface area (Å²) < 4.78 is 15.9. The van der Waals surface area contributed by atoms with Crippen LogP contribution in [0.25, 0.3) is 0 Å². The number of methoxy groups -OCH3 is 3. The Morgan fingerprint density at radius 3 is 2.45 bits per heavy atom. The smallest absolute Gasteiger partial charge is 0.253 e. The fourth-order valence-electron chi connectivity index (χ4n) is 3.86. The molecule has 3 rings (SSSR count). The minimum atomic E-state index is -0.421. The van der Waals surface area contributed by atoms with Gasteiger partial charge in [0.15, 0.2) is 0 Å². The molecule has 0 aromatic heterocycles. The predicted molar refractivity (Wildman–Crippen MR) is 118 cm³/mol. The van der Waals surface area contributed by atoms with Gasteiger partial charge in [0.05, 0.1) is 26.7 Å². The van der Waals surface area contributed by atoms with Crippen molar-refractivity contribution >= 4 is 23.4 Å². The summed E-state index contributed by atoms with van der Waals surface area (Å²) in [6, 6.07) is 12.3. The number of benzene rings is 2. The quantitative estimate of drug-likeness (QED) is 0.631. The summed E-state index contributed by atoms with van der Waals surface area (Å²) in [5.74, 6) is 0.385. The van der Waals surface area contributed by atoms with Crippen molar-refractivity contribution in [1.82, 2.24) is 10.2 Å². The third-order valence-corrected chi connectivity index (χ3v) is 5.73. The van der Waals surface area contributed by atoms with E-state index in [2.05, 4.69) is 5.32 Å². The number of likely N-dealkylation sites (tertiary alicyclic amines) is 1. The highest BCUT2D eigenvalue weighted by Crippen LogP contribution is 2.39. The van der Waals surface area contributed by atoms with Crippen LogP contribution >= 0.6 is 11.6 Å². The van der Waals surface area contributed by atoms with E-state index in [4.69, 9.17) is 25.8 Å². The summed E-state index contributed by atoms with van der Waals surface area (Å²) in [4.78, 5) is 27.8. The summed E-state index contributed by atoms with van der Waals surface area (Å²) in [6.07, 6.45) is 0. The van der Waals surface area contributed by atoms with E-state index < -0.39 is 5.92 Å². The number of amides is 2. The molecule has 0 spiro atoms. The van der Waals surface area contributed by atoms with Gasteiger partial charge in [0.25, 0.3) is 5.91 Å². The van der Waals surface area contributed by atoms with Crippen LogP contribution in [0.3, 0.4) is 0 Å². The van der Waals surface area contributed by atoms with Crippen LogP contribution in [0.5, 0.6) is 11.5 Å². The molecule has 0 radical (unpaired) electrons. The molecule has 8 heteroatoms. The van der Waals surface area contributed by atoms with Gasteiger partial charge in [-0.3, -0.25) is 9.59 Å². The van der Waals surface area contributed by atoms with Gasteiger partial charge in [0, 0.05) is 54.9 Å². The van der Waals surface area contributed by atoms with Crippen molar-refractivity contribution < 1.29 is 23.8 Å². The SMILES string of the molecule is COCCNC(=O)[C@@H]1CN(C(=O)c2ccc(Cl)cc2)C[C@H]1c1ccc(OC)cc1OC. The van der Waals surface area contributed by atoms with Gasteiger partial charge < -0.3 is 24.4 Å². The Labute approximate surface area is 187 Å². The van der Waals surface area contributed by atoms with Crippen LogP contribution in [0.15, 0.2) is 42.5 Å². The van der Waals surface area contributed by atoms with Crippen molar-refractivity contribution in [1.29, 1.82) is 0 Å². The zero-order valence-corrected chi connectivity index (χ0v) is 18.6. The van der Waals surface area contributed by atoms with Crippen LogP contribution in [0, 0.1) is 5.92 Å². The third-order valence-electron chi connectivity index (χ3n) is 5.48. The topological polar surface area (TPSA) is 77.1 Å². The van der Waals surface area contributed by atoms with Crippen LogP contribution in [-0.4, -0.2) is 64.3 Å². The van der Waals surface area contributed by atoms with Gasteiger partial charge in [0.1, 0.15) is 11.5 Å². The van der Waals surface area contributed by atoms with E-state index in [1.54, 1.807) is 56.6 Å². The molecule has 0 unspecified atom stereocenters. The maximum absolute atomic E-state index is 13.1. The van der Waals surface area contributed by atoms with Gasteiger partial charge in [-0.05, 0) is 30.3 Å². The van der Waals surface area contributed by atoms with E-state index in [1.165, 1.54) is 0 Å². The average molecular weight is 447 g/mol. The lowest BCUT2D eigenvalue weighted by atomic mass is 9.87. The molecule has 2 amide bonds. The standard InChI is InChI=1S/C23H27ClN2O5/c1-29-11-10-25-22(27)20-14-26(23(28)15-4-6-16(24)7-5-15)13-19(20)18-9-8-17(30-2)12-21(18)31-3/h4-9,12,19-20H,10-11,13-14H2,1-3H3,(H,25,27)/t19-,20+/m0/s1. The Balaban J connectivity index is 1.89. The number of rotatable bonds is 8. The minimum Gasteiger partial charge on any atom is -0.497 e. The monoisotopic (exact) mass is 446 g/mol. The number of nitrogens with one attached hydrogen (secondary N) is 1. The van der Waals surface area contributed by atoms with E-state index in [0.29, 0.717) is 48.3 Å². The molecular weight excluding hydrogens is 420 g/mol. The van der Waals surface area contributed by atoms with Crippen molar-refractivity contribution in [2.24, 2.45) is 5.92 Å². The molecule has 2 atom stereocenters. The lowest BCUT2D eigenvalue weighted by Crippen LogP contribution is -2.37. The first-order chi connectivity index (χ1) is 15.0. The van der Waals surface area contributed by atoms with Crippen molar-refractivity contribution in [2.75, 3.05) is 47.6 Å². The molecule has 1 saturated heterocycles. The molecular formula is C23H27ClN2O5. The van der Waals surface area contributed by atoms with Gasteiger partial charge >= 0.3 is 0 Å². The van der Waals surface area contributed by atoms with Gasteiger partial charge in [-0.25, -0.2) is 0 Å². The molecule has 31 heavy (non-hydrogen) atoms. The summed E-state index contributed by atoms with van der Waals surface area (Å²) in [7, 11) is 4.75. The second-order valence-electron chi connectivity index (χ2n) is 7.32. The number of halogens is 1. The van der Waals surface area contributed by atoms with Crippen LogP contribution in [0.2, 0.25) is 5.02 Å². The highest BCUT2D eigenvalue weighted by Gasteiger charge is 2.41. The van der Waals surface area contributed by atoms with E-state index in [9.17, 15) is 9.59 Å². The van der Waals surface area contributed by atoms with Crippen LogP contribution in [0.4, 0.5) is 0 Å². The second-order valence-corrected chi connectivity index (χ2v) is 7.76. The van der Waals surface area contributed by atoms with Crippen molar-refractivity contribution in [2.45, 2.75) is 5.92 Å². The van der Waals surface area contributed by atoms with Crippen LogP contribution in [-0.2, 0) is 9.53 Å². The summed E-state index contributed by atoms with van der Waals surface area (Å²) >= 11 is 5.95. The van der Waals surface area contributed by atoms with E-state index in [1.807, 2.05) is 12.1 Å². The summed E-state index contributed by atoms with van der Waals surface area (Å²) in [5, 5.41) is 3.47. The molecule has 1 aliphatic rings. The fourth-order valence-corrected chi connectivity index (χ4v) is 3.98.